The third kappa shape index (κ3) is 2.50. The summed E-state index contributed by atoms with van der Waals surface area (Å²) < 4.78 is 0. The van der Waals surface area contributed by atoms with Crippen molar-refractivity contribution in [3.05, 3.63) is 24.0 Å². The zero-order valence-electron chi connectivity index (χ0n) is 9.40. The normalized spacial score (nSPS) is 24.0. The summed E-state index contributed by atoms with van der Waals surface area (Å²) in [7, 11) is 0. The second-order valence-corrected chi connectivity index (χ2v) is 4.35. The third-order valence-corrected chi connectivity index (χ3v) is 3.11. The Hall–Kier alpha value is -1.60. The van der Waals surface area contributed by atoms with Crippen molar-refractivity contribution >= 4 is 5.69 Å². The van der Waals surface area contributed by atoms with Gasteiger partial charge in [0, 0.05) is 12.7 Å². The van der Waals surface area contributed by atoms with Crippen LogP contribution in [-0.2, 0) is 0 Å². The Balaban J connectivity index is 1.92. The molecule has 2 heterocycles. The lowest BCUT2D eigenvalue weighted by molar-refractivity contribution is 0.475. The number of hydrogen-bond donors (Lipinski definition) is 2. The summed E-state index contributed by atoms with van der Waals surface area (Å²) >= 11 is 0. The van der Waals surface area contributed by atoms with Crippen molar-refractivity contribution in [3.63, 3.8) is 0 Å². The molecule has 1 aromatic rings. The molecule has 0 spiro atoms. The average molecular weight is 216 g/mol. The van der Waals surface area contributed by atoms with Crippen LogP contribution in [0.3, 0.4) is 0 Å². The van der Waals surface area contributed by atoms with Crippen LogP contribution in [0, 0.1) is 23.2 Å². The quantitative estimate of drug-likeness (QED) is 0.797. The molecule has 2 unspecified atom stereocenters. The molecule has 1 aliphatic rings. The Morgan fingerprint density at radius 2 is 2.44 bits per heavy atom. The molecule has 1 fully saturated rings. The van der Waals surface area contributed by atoms with E-state index in [4.69, 9.17) is 5.26 Å². The molecule has 0 amide bonds. The van der Waals surface area contributed by atoms with Gasteiger partial charge in [0.25, 0.3) is 0 Å². The highest BCUT2D eigenvalue weighted by molar-refractivity contribution is 5.46. The maximum atomic E-state index is 8.76. The van der Waals surface area contributed by atoms with Gasteiger partial charge in [-0.2, -0.15) is 5.26 Å². The van der Waals surface area contributed by atoms with Crippen LogP contribution < -0.4 is 10.6 Å². The molecule has 16 heavy (non-hydrogen) atoms. The number of hydrogen-bond acceptors (Lipinski definition) is 4. The van der Waals surface area contributed by atoms with Gasteiger partial charge in [-0.15, -0.1) is 0 Å². The van der Waals surface area contributed by atoms with E-state index in [0.717, 1.165) is 25.3 Å². The van der Waals surface area contributed by atoms with Crippen LogP contribution in [0.15, 0.2) is 18.5 Å². The second-order valence-electron chi connectivity index (χ2n) is 4.35. The smallest absolute Gasteiger partial charge is 0.101 e. The minimum atomic E-state index is 0.600. The molecule has 84 valence electrons. The van der Waals surface area contributed by atoms with Crippen molar-refractivity contribution in [2.24, 2.45) is 11.8 Å². The maximum Gasteiger partial charge on any atom is 0.101 e. The zero-order valence-corrected chi connectivity index (χ0v) is 9.40. The summed E-state index contributed by atoms with van der Waals surface area (Å²) in [5, 5.41) is 15.5. The predicted octanol–water partition coefficient (Wildman–Crippen LogP) is 1.22. The van der Waals surface area contributed by atoms with Crippen molar-refractivity contribution in [1.82, 2.24) is 10.3 Å². The van der Waals surface area contributed by atoms with Gasteiger partial charge in [-0.1, -0.05) is 6.92 Å². The van der Waals surface area contributed by atoms with E-state index in [1.165, 1.54) is 0 Å². The van der Waals surface area contributed by atoms with Gasteiger partial charge < -0.3 is 10.6 Å². The average Bonchev–Trinajstić information content (AvgIpc) is 2.72. The summed E-state index contributed by atoms with van der Waals surface area (Å²) in [5.41, 5.74) is 1.53. The summed E-state index contributed by atoms with van der Waals surface area (Å²) in [5.74, 6) is 1.37. The lowest BCUT2D eigenvalue weighted by Crippen LogP contribution is -2.20. The molecular formula is C12H16N4. The standard InChI is InChI=1S/C12H16N4/c1-9-4-14-6-11(9)7-16-12-2-10(3-13)5-15-8-12/h2,5,8-9,11,14,16H,4,6-7H2,1H3. The van der Waals surface area contributed by atoms with Gasteiger partial charge in [0.2, 0.25) is 0 Å². The number of nitrogens with zero attached hydrogens (tertiary/aromatic N) is 2. The molecule has 2 rings (SSSR count). The number of rotatable bonds is 3. The number of aromatic nitrogens is 1. The van der Waals surface area contributed by atoms with Gasteiger partial charge in [0.05, 0.1) is 17.4 Å². The minimum absolute atomic E-state index is 0.600. The summed E-state index contributed by atoms with van der Waals surface area (Å²) in [6.45, 7) is 5.36. The van der Waals surface area contributed by atoms with E-state index in [1.54, 1.807) is 12.4 Å². The third-order valence-electron chi connectivity index (χ3n) is 3.11. The summed E-state index contributed by atoms with van der Waals surface area (Å²) in [6, 6.07) is 3.92. The molecule has 2 atom stereocenters. The van der Waals surface area contributed by atoms with Crippen LogP contribution in [0.1, 0.15) is 12.5 Å². The Kier molecular flexibility index (Phi) is 3.37. The molecule has 2 N–H and O–H groups in total. The number of pyridine rings is 1. The monoisotopic (exact) mass is 216 g/mol. The zero-order chi connectivity index (χ0) is 11.4. The minimum Gasteiger partial charge on any atom is -0.383 e. The van der Waals surface area contributed by atoms with Crippen molar-refractivity contribution in [2.75, 3.05) is 25.0 Å². The number of anilines is 1. The van der Waals surface area contributed by atoms with E-state index in [1.807, 2.05) is 6.07 Å². The number of nitriles is 1. The SMILES string of the molecule is CC1CNCC1CNc1cncc(C#N)c1. The highest BCUT2D eigenvalue weighted by Crippen LogP contribution is 2.17. The van der Waals surface area contributed by atoms with E-state index in [2.05, 4.69) is 28.6 Å². The lowest BCUT2D eigenvalue weighted by Gasteiger charge is -2.15. The van der Waals surface area contributed by atoms with Crippen molar-refractivity contribution in [2.45, 2.75) is 6.92 Å². The summed E-state index contributed by atoms with van der Waals surface area (Å²) in [4.78, 5) is 4.02. The fourth-order valence-electron chi connectivity index (χ4n) is 1.98. The van der Waals surface area contributed by atoms with Crippen LogP contribution in [-0.4, -0.2) is 24.6 Å². The van der Waals surface area contributed by atoms with E-state index >= 15 is 0 Å². The van der Waals surface area contributed by atoms with Gasteiger partial charge in [0.15, 0.2) is 0 Å². The Bertz CT molecular complexity index is 396. The summed E-state index contributed by atoms with van der Waals surface area (Å²) in [6.07, 6.45) is 3.33. The first kappa shape index (κ1) is 10.9. The Morgan fingerprint density at radius 1 is 1.56 bits per heavy atom. The van der Waals surface area contributed by atoms with E-state index in [9.17, 15) is 0 Å². The van der Waals surface area contributed by atoms with Gasteiger partial charge in [-0.3, -0.25) is 4.98 Å². The van der Waals surface area contributed by atoms with Crippen LogP contribution >= 0.6 is 0 Å². The molecular weight excluding hydrogens is 200 g/mol. The van der Waals surface area contributed by atoms with Crippen LogP contribution in [0.4, 0.5) is 5.69 Å². The van der Waals surface area contributed by atoms with Gasteiger partial charge in [-0.25, -0.2) is 0 Å². The first-order valence-electron chi connectivity index (χ1n) is 5.59. The van der Waals surface area contributed by atoms with Gasteiger partial charge >= 0.3 is 0 Å². The first-order valence-corrected chi connectivity index (χ1v) is 5.59. The fourth-order valence-corrected chi connectivity index (χ4v) is 1.98. The molecule has 0 aromatic carbocycles. The Labute approximate surface area is 95.7 Å². The van der Waals surface area contributed by atoms with E-state index in [0.29, 0.717) is 17.4 Å². The molecule has 1 aliphatic heterocycles. The molecule has 4 heteroatoms. The predicted molar refractivity (Wildman–Crippen MR) is 63.0 cm³/mol. The van der Waals surface area contributed by atoms with Crippen molar-refractivity contribution < 1.29 is 0 Å². The van der Waals surface area contributed by atoms with Gasteiger partial charge in [0.1, 0.15) is 6.07 Å². The maximum absolute atomic E-state index is 8.76. The van der Waals surface area contributed by atoms with Crippen LogP contribution in [0.2, 0.25) is 0 Å². The lowest BCUT2D eigenvalue weighted by atomic mass is 9.98. The highest BCUT2D eigenvalue weighted by Gasteiger charge is 2.22. The molecule has 4 nitrogen and oxygen atoms in total. The van der Waals surface area contributed by atoms with Gasteiger partial charge in [-0.05, 0) is 31.0 Å². The molecule has 0 aliphatic carbocycles. The second kappa shape index (κ2) is 4.95. The topological polar surface area (TPSA) is 60.7 Å². The number of nitrogens with one attached hydrogen (secondary N) is 2. The molecule has 0 bridgehead atoms. The fraction of sp³-hybridized carbons (Fsp3) is 0.500. The molecule has 1 saturated heterocycles. The van der Waals surface area contributed by atoms with Crippen LogP contribution in [0.25, 0.3) is 0 Å². The van der Waals surface area contributed by atoms with Crippen LogP contribution in [0.5, 0.6) is 0 Å². The van der Waals surface area contributed by atoms with E-state index < -0.39 is 0 Å². The highest BCUT2D eigenvalue weighted by atomic mass is 15.0. The molecule has 1 aromatic heterocycles. The van der Waals surface area contributed by atoms with Crippen molar-refractivity contribution in [3.8, 4) is 6.07 Å². The largest absolute Gasteiger partial charge is 0.383 e. The first-order chi connectivity index (χ1) is 7.79. The molecule has 0 saturated carbocycles. The van der Waals surface area contributed by atoms with E-state index in [-0.39, 0.29) is 0 Å². The Morgan fingerprint density at radius 3 is 3.12 bits per heavy atom. The molecule has 0 radical (unpaired) electrons. The van der Waals surface area contributed by atoms with Crippen molar-refractivity contribution in [1.29, 1.82) is 5.26 Å².